The van der Waals surface area contributed by atoms with Gasteiger partial charge in [-0.2, -0.15) is 4.80 Å². The van der Waals surface area contributed by atoms with E-state index in [1.807, 2.05) is 63.2 Å². The van der Waals surface area contributed by atoms with Crippen molar-refractivity contribution in [3.05, 3.63) is 76.9 Å². The molecule has 1 heterocycles. The van der Waals surface area contributed by atoms with E-state index in [4.69, 9.17) is 4.74 Å². The Morgan fingerprint density at radius 2 is 1.65 bits per heavy atom. The van der Waals surface area contributed by atoms with Crippen molar-refractivity contribution in [2.75, 3.05) is 11.9 Å². The summed E-state index contributed by atoms with van der Waals surface area (Å²) in [6, 6.07) is 17.9. The molecule has 6 heteroatoms. The second-order valence-corrected chi connectivity index (χ2v) is 7.77. The van der Waals surface area contributed by atoms with Crippen molar-refractivity contribution in [2.45, 2.75) is 34.1 Å². The lowest BCUT2D eigenvalue weighted by Crippen LogP contribution is -2.20. The Kier molecular flexibility index (Phi) is 5.71. The van der Waals surface area contributed by atoms with Gasteiger partial charge in [0.05, 0.1) is 5.69 Å². The van der Waals surface area contributed by atoms with E-state index in [9.17, 15) is 4.79 Å². The van der Waals surface area contributed by atoms with Gasteiger partial charge < -0.3 is 10.1 Å². The standard InChI is InChI=1S/C25H26N4O2/c1-5-19-7-9-20(10-8-19)29-27-22-13-17(3)21(14-23(22)28-29)26-25(30)15-31-24-11-6-16(2)12-18(24)4/h6-14H,5,15H2,1-4H3,(H,26,30). The molecule has 0 saturated carbocycles. The molecule has 1 amide bonds. The lowest BCUT2D eigenvalue weighted by Gasteiger charge is -2.11. The molecular formula is C25H26N4O2. The van der Waals surface area contributed by atoms with Crippen molar-refractivity contribution in [3.63, 3.8) is 0 Å². The summed E-state index contributed by atoms with van der Waals surface area (Å²) >= 11 is 0. The summed E-state index contributed by atoms with van der Waals surface area (Å²) in [5.74, 6) is 0.495. The van der Waals surface area contributed by atoms with Crippen LogP contribution in [0.3, 0.4) is 0 Å². The van der Waals surface area contributed by atoms with Crippen LogP contribution < -0.4 is 10.1 Å². The van der Waals surface area contributed by atoms with E-state index in [0.29, 0.717) is 11.4 Å². The Bertz CT molecular complexity index is 1240. The minimum atomic E-state index is -0.218. The first-order chi connectivity index (χ1) is 14.9. The van der Waals surface area contributed by atoms with Crippen molar-refractivity contribution in [1.29, 1.82) is 0 Å². The molecule has 4 aromatic rings. The highest BCUT2D eigenvalue weighted by Gasteiger charge is 2.12. The minimum absolute atomic E-state index is 0.0577. The van der Waals surface area contributed by atoms with Crippen LogP contribution in [0.25, 0.3) is 16.7 Å². The zero-order valence-corrected chi connectivity index (χ0v) is 18.3. The number of fused-ring (bicyclic) bond motifs is 1. The summed E-state index contributed by atoms with van der Waals surface area (Å²) in [7, 11) is 0. The van der Waals surface area contributed by atoms with Crippen LogP contribution in [0.1, 0.15) is 29.2 Å². The second kappa shape index (κ2) is 8.60. The topological polar surface area (TPSA) is 69.0 Å². The molecule has 0 unspecified atom stereocenters. The molecule has 0 aliphatic carbocycles. The van der Waals surface area contributed by atoms with Gasteiger partial charge in [0.1, 0.15) is 16.8 Å². The summed E-state index contributed by atoms with van der Waals surface area (Å²) in [6.07, 6.45) is 0.990. The molecule has 6 nitrogen and oxygen atoms in total. The third-order valence-corrected chi connectivity index (χ3v) is 5.27. The van der Waals surface area contributed by atoms with E-state index in [1.54, 1.807) is 4.80 Å². The Morgan fingerprint density at radius 3 is 2.32 bits per heavy atom. The van der Waals surface area contributed by atoms with E-state index in [2.05, 4.69) is 34.6 Å². The summed E-state index contributed by atoms with van der Waals surface area (Å²) in [6.45, 7) is 8.00. The van der Waals surface area contributed by atoms with Crippen LogP contribution in [0, 0.1) is 20.8 Å². The molecule has 3 aromatic carbocycles. The first kappa shape index (κ1) is 20.6. The number of carbonyl (C=O) groups is 1. The van der Waals surface area contributed by atoms with Crippen LogP contribution in [0.2, 0.25) is 0 Å². The molecule has 0 radical (unpaired) electrons. The molecule has 1 N–H and O–H groups in total. The number of nitrogens with zero attached hydrogens (tertiary/aromatic N) is 3. The Hall–Kier alpha value is -3.67. The molecule has 0 aliphatic heterocycles. The molecule has 0 bridgehead atoms. The molecule has 1 aromatic heterocycles. The van der Waals surface area contributed by atoms with Crippen LogP contribution in [-0.4, -0.2) is 27.5 Å². The number of aryl methyl sites for hydroxylation is 4. The number of amides is 1. The summed E-state index contributed by atoms with van der Waals surface area (Å²) < 4.78 is 5.69. The van der Waals surface area contributed by atoms with Crippen LogP contribution in [0.15, 0.2) is 54.6 Å². The van der Waals surface area contributed by atoms with E-state index < -0.39 is 0 Å². The van der Waals surface area contributed by atoms with Crippen molar-refractivity contribution < 1.29 is 9.53 Å². The number of ether oxygens (including phenoxy) is 1. The molecule has 31 heavy (non-hydrogen) atoms. The van der Waals surface area contributed by atoms with Gasteiger partial charge in [-0.1, -0.05) is 36.8 Å². The molecule has 0 aliphatic rings. The molecule has 0 fully saturated rings. The predicted molar refractivity (Wildman–Crippen MR) is 123 cm³/mol. The zero-order valence-electron chi connectivity index (χ0n) is 18.3. The Balaban J connectivity index is 1.49. The molecule has 0 spiro atoms. The SMILES string of the molecule is CCc1ccc(-n2nc3cc(C)c(NC(=O)COc4ccc(C)cc4C)cc3n2)cc1. The quantitative estimate of drug-likeness (QED) is 0.486. The number of carbonyl (C=O) groups excluding carboxylic acids is 1. The predicted octanol–water partition coefficient (Wildman–Crippen LogP) is 4.93. The Labute approximate surface area is 181 Å². The van der Waals surface area contributed by atoms with Crippen LogP contribution in [0.5, 0.6) is 5.75 Å². The molecule has 0 saturated heterocycles. The number of aromatic nitrogens is 3. The van der Waals surface area contributed by atoms with Crippen molar-refractivity contribution in [3.8, 4) is 11.4 Å². The third kappa shape index (κ3) is 4.58. The molecule has 0 atom stereocenters. The largest absolute Gasteiger partial charge is 0.483 e. The van der Waals surface area contributed by atoms with Gasteiger partial charge in [0.25, 0.3) is 5.91 Å². The molecule has 158 valence electrons. The van der Waals surface area contributed by atoms with Gasteiger partial charge in [-0.25, -0.2) is 0 Å². The monoisotopic (exact) mass is 414 g/mol. The lowest BCUT2D eigenvalue weighted by atomic mass is 10.1. The van der Waals surface area contributed by atoms with E-state index in [-0.39, 0.29) is 12.5 Å². The number of hydrogen-bond donors (Lipinski definition) is 1. The average Bonchev–Trinajstić information content (AvgIpc) is 3.16. The fourth-order valence-corrected chi connectivity index (χ4v) is 3.47. The number of benzene rings is 3. The van der Waals surface area contributed by atoms with Gasteiger partial charge in [-0.15, -0.1) is 10.2 Å². The highest BCUT2D eigenvalue weighted by Crippen LogP contribution is 2.23. The van der Waals surface area contributed by atoms with E-state index in [1.165, 1.54) is 5.56 Å². The van der Waals surface area contributed by atoms with Gasteiger partial charge in [-0.05, 0) is 74.2 Å². The molecular weight excluding hydrogens is 388 g/mol. The van der Waals surface area contributed by atoms with Gasteiger partial charge in [-0.3, -0.25) is 4.79 Å². The summed E-state index contributed by atoms with van der Waals surface area (Å²) in [5.41, 5.74) is 7.46. The molecule has 4 rings (SSSR count). The minimum Gasteiger partial charge on any atom is -0.483 e. The summed E-state index contributed by atoms with van der Waals surface area (Å²) in [4.78, 5) is 14.1. The number of anilines is 1. The van der Waals surface area contributed by atoms with Crippen molar-refractivity contribution in [2.24, 2.45) is 0 Å². The van der Waals surface area contributed by atoms with Crippen LogP contribution in [0.4, 0.5) is 5.69 Å². The van der Waals surface area contributed by atoms with Crippen molar-refractivity contribution >= 4 is 22.6 Å². The number of rotatable bonds is 6. The Morgan fingerprint density at radius 1 is 0.935 bits per heavy atom. The fraction of sp³-hybridized carbons (Fsp3) is 0.240. The summed E-state index contributed by atoms with van der Waals surface area (Å²) in [5, 5.41) is 12.1. The smallest absolute Gasteiger partial charge is 0.262 e. The maximum Gasteiger partial charge on any atom is 0.262 e. The number of nitrogens with one attached hydrogen (secondary N) is 1. The highest BCUT2D eigenvalue weighted by atomic mass is 16.5. The van der Waals surface area contributed by atoms with E-state index in [0.717, 1.165) is 39.8 Å². The van der Waals surface area contributed by atoms with Gasteiger partial charge >= 0.3 is 0 Å². The fourth-order valence-electron chi connectivity index (χ4n) is 3.47. The van der Waals surface area contributed by atoms with Gasteiger partial charge in [0.2, 0.25) is 0 Å². The normalized spacial score (nSPS) is 11.0. The maximum atomic E-state index is 12.5. The van der Waals surface area contributed by atoms with Crippen LogP contribution in [-0.2, 0) is 11.2 Å². The zero-order chi connectivity index (χ0) is 22.0. The second-order valence-electron chi connectivity index (χ2n) is 7.77. The first-order valence-electron chi connectivity index (χ1n) is 10.4. The third-order valence-electron chi connectivity index (χ3n) is 5.27. The number of hydrogen-bond acceptors (Lipinski definition) is 4. The van der Waals surface area contributed by atoms with Crippen LogP contribution >= 0.6 is 0 Å². The maximum absolute atomic E-state index is 12.5. The van der Waals surface area contributed by atoms with Gasteiger partial charge in [0, 0.05) is 5.69 Å². The van der Waals surface area contributed by atoms with Gasteiger partial charge in [0.15, 0.2) is 6.61 Å². The van der Waals surface area contributed by atoms with Crippen molar-refractivity contribution in [1.82, 2.24) is 15.0 Å². The first-order valence-corrected chi connectivity index (χ1v) is 10.4. The highest BCUT2D eigenvalue weighted by molar-refractivity contribution is 5.95. The van der Waals surface area contributed by atoms with E-state index >= 15 is 0 Å². The lowest BCUT2D eigenvalue weighted by molar-refractivity contribution is -0.118. The average molecular weight is 415 g/mol.